The van der Waals surface area contributed by atoms with E-state index in [0.29, 0.717) is 12.2 Å². The molecule has 5 nitrogen and oxygen atoms in total. The Morgan fingerprint density at radius 2 is 2.05 bits per heavy atom. The Kier molecular flexibility index (Phi) is 4.29. The maximum Gasteiger partial charge on any atom is 0.290 e. The van der Waals surface area contributed by atoms with Crippen LogP contribution in [0.1, 0.15) is 16.1 Å². The first-order valence-electron chi connectivity index (χ1n) is 6.62. The van der Waals surface area contributed by atoms with Crippen LogP contribution in [0.25, 0.3) is 11.3 Å². The summed E-state index contributed by atoms with van der Waals surface area (Å²) in [5, 5.41) is 6.70. The predicted molar refractivity (Wildman–Crippen MR) is 85.0 cm³/mol. The largest absolute Gasteiger partial charge is 0.350 e. The number of hydrogen-bond acceptors (Lipinski definition) is 4. The molecule has 0 saturated carbocycles. The minimum absolute atomic E-state index is 0.182. The van der Waals surface area contributed by atoms with E-state index in [1.807, 2.05) is 36.4 Å². The van der Waals surface area contributed by atoms with Crippen molar-refractivity contribution in [1.29, 1.82) is 0 Å². The minimum atomic E-state index is -0.306. The molecule has 2 aromatic heterocycles. The van der Waals surface area contributed by atoms with Gasteiger partial charge in [-0.25, -0.2) is 0 Å². The van der Waals surface area contributed by atoms with Gasteiger partial charge in [-0.05, 0) is 23.8 Å². The molecule has 1 aromatic carbocycles. The molecule has 6 heteroatoms. The molecule has 0 aliphatic rings. The van der Waals surface area contributed by atoms with Gasteiger partial charge >= 0.3 is 0 Å². The molecule has 0 unspecified atom stereocenters. The van der Waals surface area contributed by atoms with Crippen LogP contribution >= 0.6 is 15.9 Å². The fraction of sp³-hybridized carbons (Fsp3) is 0.0625. The van der Waals surface area contributed by atoms with Crippen LogP contribution in [0.4, 0.5) is 0 Å². The highest BCUT2D eigenvalue weighted by Gasteiger charge is 2.13. The molecule has 1 N–H and O–H groups in total. The van der Waals surface area contributed by atoms with Crippen LogP contribution in [-0.4, -0.2) is 16.0 Å². The smallest absolute Gasteiger partial charge is 0.290 e. The van der Waals surface area contributed by atoms with Crippen molar-refractivity contribution in [2.75, 3.05) is 0 Å². The highest BCUT2D eigenvalue weighted by atomic mass is 79.9. The number of rotatable bonds is 4. The second-order valence-corrected chi connectivity index (χ2v) is 5.54. The summed E-state index contributed by atoms with van der Waals surface area (Å²) < 4.78 is 6.09. The Morgan fingerprint density at radius 3 is 2.77 bits per heavy atom. The quantitative estimate of drug-likeness (QED) is 0.776. The third-order valence-corrected chi connectivity index (χ3v) is 3.58. The third kappa shape index (κ3) is 3.40. The summed E-state index contributed by atoms with van der Waals surface area (Å²) in [6.45, 7) is 0.390. The van der Waals surface area contributed by atoms with Gasteiger partial charge in [0.15, 0.2) is 0 Å². The average Bonchev–Trinajstić information content (AvgIpc) is 3.04. The van der Waals surface area contributed by atoms with Crippen LogP contribution in [-0.2, 0) is 6.54 Å². The van der Waals surface area contributed by atoms with Crippen LogP contribution in [0.2, 0.25) is 0 Å². The Bertz CT molecular complexity index is 770. The van der Waals surface area contributed by atoms with E-state index in [1.54, 1.807) is 18.5 Å². The average molecular weight is 358 g/mol. The van der Waals surface area contributed by atoms with Gasteiger partial charge in [0.1, 0.15) is 5.69 Å². The van der Waals surface area contributed by atoms with Crippen LogP contribution in [0.5, 0.6) is 0 Å². The summed E-state index contributed by atoms with van der Waals surface area (Å²) in [5.41, 5.74) is 2.43. The van der Waals surface area contributed by atoms with Crippen LogP contribution in [0, 0.1) is 0 Å². The maximum absolute atomic E-state index is 12.0. The zero-order chi connectivity index (χ0) is 15.4. The first-order chi connectivity index (χ1) is 10.7. The molecule has 22 heavy (non-hydrogen) atoms. The molecule has 0 radical (unpaired) electrons. The third-order valence-electron chi connectivity index (χ3n) is 3.05. The van der Waals surface area contributed by atoms with Gasteiger partial charge in [-0.15, -0.1) is 0 Å². The van der Waals surface area contributed by atoms with E-state index < -0.39 is 0 Å². The molecule has 0 bridgehead atoms. The molecule has 3 aromatic rings. The monoisotopic (exact) mass is 357 g/mol. The molecule has 3 rings (SSSR count). The van der Waals surface area contributed by atoms with E-state index in [1.165, 1.54) is 0 Å². The number of benzene rings is 1. The topological polar surface area (TPSA) is 68.0 Å². The fourth-order valence-electron chi connectivity index (χ4n) is 1.91. The molecule has 2 heterocycles. The number of carbonyl (C=O) groups is 1. The van der Waals surface area contributed by atoms with Gasteiger partial charge in [-0.3, -0.25) is 9.78 Å². The zero-order valence-corrected chi connectivity index (χ0v) is 13.1. The molecular formula is C16H12BrN3O2. The molecule has 0 atom stereocenters. The van der Waals surface area contributed by atoms with Gasteiger partial charge in [0.05, 0.1) is 0 Å². The molecule has 110 valence electrons. The van der Waals surface area contributed by atoms with Gasteiger partial charge in [0, 0.05) is 35.0 Å². The second kappa shape index (κ2) is 6.53. The molecule has 0 saturated heterocycles. The van der Waals surface area contributed by atoms with Crippen molar-refractivity contribution >= 4 is 21.8 Å². The second-order valence-electron chi connectivity index (χ2n) is 4.63. The highest BCUT2D eigenvalue weighted by Crippen LogP contribution is 2.21. The molecule has 0 spiro atoms. The lowest BCUT2D eigenvalue weighted by Gasteiger charge is -2.01. The first kappa shape index (κ1) is 14.5. The van der Waals surface area contributed by atoms with E-state index in [2.05, 4.69) is 31.4 Å². The number of aromatic nitrogens is 2. The number of halogens is 1. The Labute approximate surface area is 135 Å². The SMILES string of the molecule is O=C(NCc1cccnc1)c1cc(-c2ccc(Br)cc2)no1. The van der Waals surface area contributed by atoms with Crippen molar-refractivity contribution in [2.24, 2.45) is 0 Å². The van der Waals surface area contributed by atoms with Crippen molar-refractivity contribution in [3.63, 3.8) is 0 Å². The number of pyridine rings is 1. The van der Waals surface area contributed by atoms with E-state index in [9.17, 15) is 4.79 Å². The van der Waals surface area contributed by atoms with Crippen molar-refractivity contribution in [3.05, 3.63) is 70.7 Å². The Hall–Kier alpha value is -2.47. The lowest BCUT2D eigenvalue weighted by molar-refractivity contribution is 0.0914. The van der Waals surface area contributed by atoms with Crippen LogP contribution < -0.4 is 5.32 Å². The van der Waals surface area contributed by atoms with Crippen molar-refractivity contribution < 1.29 is 9.32 Å². The van der Waals surface area contributed by atoms with E-state index in [0.717, 1.165) is 15.6 Å². The Balaban J connectivity index is 1.68. The normalized spacial score (nSPS) is 10.4. The molecule has 1 amide bonds. The van der Waals surface area contributed by atoms with Crippen molar-refractivity contribution in [2.45, 2.75) is 6.54 Å². The number of carbonyl (C=O) groups excluding carboxylic acids is 1. The van der Waals surface area contributed by atoms with Gasteiger partial charge in [-0.1, -0.05) is 39.3 Å². The summed E-state index contributed by atoms with van der Waals surface area (Å²) >= 11 is 3.38. The number of nitrogens with zero attached hydrogens (tertiary/aromatic N) is 2. The summed E-state index contributed by atoms with van der Waals surface area (Å²) in [5.74, 6) is -0.124. The van der Waals surface area contributed by atoms with Crippen molar-refractivity contribution in [1.82, 2.24) is 15.5 Å². The molecule has 0 aliphatic carbocycles. The van der Waals surface area contributed by atoms with Crippen LogP contribution in [0.15, 0.2) is 63.9 Å². The first-order valence-corrected chi connectivity index (χ1v) is 7.41. The van der Waals surface area contributed by atoms with Crippen LogP contribution in [0.3, 0.4) is 0 Å². The van der Waals surface area contributed by atoms with Gasteiger partial charge in [0.2, 0.25) is 5.76 Å². The van der Waals surface area contributed by atoms with Gasteiger partial charge in [-0.2, -0.15) is 0 Å². The lowest BCUT2D eigenvalue weighted by atomic mass is 10.1. The standard InChI is InChI=1S/C16H12BrN3O2/c17-13-5-3-12(4-6-13)14-8-15(22-20-14)16(21)19-10-11-2-1-7-18-9-11/h1-9H,10H2,(H,19,21). The van der Waals surface area contributed by atoms with E-state index >= 15 is 0 Å². The Morgan fingerprint density at radius 1 is 1.23 bits per heavy atom. The summed E-state index contributed by atoms with van der Waals surface area (Å²) in [6.07, 6.45) is 3.39. The molecule has 0 aliphatic heterocycles. The maximum atomic E-state index is 12.0. The minimum Gasteiger partial charge on any atom is -0.350 e. The van der Waals surface area contributed by atoms with Gasteiger partial charge < -0.3 is 9.84 Å². The molecular weight excluding hydrogens is 346 g/mol. The predicted octanol–water partition coefficient (Wildman–Crippen LogP) is 3.43. The molecule has 0 fully saturated rings. The van der Waals surface area contributed by atoms with E-state index in [4.69, 9.17) is 4.52 Å². The number of nitrogens with one attached hydrogen (secondary N) is 1. The van der Waals surface area contributed by atoms with Gasteiger partial charge in [0.25, 0.3) is 5.91 Å². The lowest BCUT2D eigenvalue weighted by Crippen LogP contribution is -2.22. The summed E-state index contributed by atoms with van der Waals surface area (Å²) in [7, 11) is 0. The summed E-state index contributed by atoms with van der Waals surface area (Å²) in [6, 6.07) is 13.0. The zero-order valence-electron chi connectivity index (χ0n) is 11.5. The van der Waals surface area contributed by atoms with E-state index in [-0.39, 0.29) is 11.7 Å². The summed E-state index contributed by atoms with van der Waals surface area (Å²) in [4.78, 5) is 16.0. The highest BCUT2D eigenvalue weighted by molar-refractivity contribution is 9.10. The number of amides is 1. The van der Waals surface area contributed by atoms with Crippen molar-refractivity contribution in [3.8, 4) is 11.3 Å². The number of hydrogen-bond donors (Lipinski definition) is 1. The fourth-order valence-corrected chi connectivity index (χ4v) is 2.18.